The maximum atomic E-state index is 12.7. The van der Waals surface area contributed by atoms with E-state index >= 15 is 0 Å². The Morgan fingerprint density at radius 2 is 1.92 bits per heavy atom. The number of nitrogens with one attached hydrogen (secondary N) is 2. The second-order valence-electron chi connectivity index (χ2n) is 6.05. The molecule has 7 heteroatoms. The molecule has 3 rings (SSSR count). The van der Waals surface area contributed by atoms with E-state index in [1.807, 2.05) is 12.1 Å². The molecule has 2 N–H and O–H groups in total. The van der Waals surface area contributed by atoms with Crippen molar-refractivity contribution in [2.24, 2.45) is 0 Å². The Morgan fingerprint density at radius 1 is 1.19 bits per heavy atom. The van der Waals surface area contributed by atoms with Crippen LogP contribution in [0.4, 0.5) is 10.5 Å². The second kappa shape index (κ2) is 6.69. The number of nitriles is 1. The van der Waals surface area contributed by atoms with Gasteiger partial charge in [-0.1, -0.05) is 36.4 Å². The Hall–Kier alpha value is -3.66. The SMILES string of the molecule is C[C@@]1(c2ccccc2)NC(=O)N(CC(=O)Nc2cccc(C#N)c2)C1=O. The molecule has 7 nitrogen and oxygen atoms in total. The molecular formula is C19H16N4O3. The number of nitrogens with zero attached hydrogens (tertiary/aromatic N) is 2. The predicted molar refractivity (Wildman–Crippen MR) is 93.8 cm³/mol. The topological polar surface area (TPSA) is 102 Å². The lowest BCUT2D eigenvalue weighted by Crippen LogP contribution is -2.42. The Labute approximate surface area is 150 Å². The first-order valence-corrected chi connectivity index (χ1v) is 7.94. The van der Waals surface area contributed by atoms with Crippen molar-refractivity contribution in [1.29, 1.82) is 5.26 Å². The maximum Gasteiger partial charge on any atom is 0.325 e. The molecule has 1 heterocycles. The highest BCUT2D eigenvalue weighted by Gasteiger charge is 2.49. The van der Waals surface area contributed by atoms with Crippen molar-refractivity contribution in [3.8, 4) is 6.07 Å². The monoisotopic (exact) mass is 348 g/mol. The minimum Gasteiger partial charge on any atom is -0.324 e. The largest absolute Gasteiger partial charge is 0.325 e. The van der Waals surface area contributed by atoms with Crippen molar-refractivity contribution in [3.05, 3.63) is 65.7 Å². The van der Waals surface area contributed by atoms with E-state index in [4.69, 9.17) is 5.26 Å². The van der Waals surface area contributed by atoms with Gasteiger partial charge in [0.2, 0.25) is 5.91 Å². The molecular weight excluding hydrogens is 332 g/mol. The van der Waals surface area contributed by atoms with Crippen LogP contribution in [-0.4, -0.2) is 29.3 Å². The van der Waals surface area contributed by atoms with Gasteiger partial charge in [0.15, 0.2) is 0 Å². The highest BCUT2D eigenvalue weighted by Crippen LogP contribution is 2.28. The molecule has 0 unspecified atom stereocenters. The van der Waals surface area contributed by atoms with Gasteiger partial charge in [-0.2, -0.15) is 5.26 Å². The van der Waals surface area contributed by atoms with Crippen molar-refractivity contribution < 1.29 is 14.4 Å². The first-order valence-electron chi connectivity index (χ1n) is 7.94. The van der Waals surface area contributed by atoms with E-state index in [9.17, 15) is 14.4 Å². The van der Waals surface area contributed by atoms with Crippen LogP contribution in [0.5, 0.6) is 0 Å². The van der Waals surface area contributed by atoms with Gasteiger partial charge < -0.3 is 10.6 Å². The van der Waals surface area contributed by atoms with Crippen molar-refractivity contribution in [2.45, 2.75) is 12.5 Å². The van der Waals surface area contributed by atoms with Crippen molar-refractivity contribution >= 4 is 23.5 Å². The predicted octanol–water partition coefficient (Wildman–Crippen LogP) is 1.96. The quantitative estimate of drug-likeness (QED) is 0.825. The third-order valence-corrected chi connectivity index (χ3v) is 4.20. The third-order valence-electron chi connectivity index (χ3n) is 4.20. The Balaban J connectivity index is 1.74. The number of amides is 4. The highest BCUT2D eigenvalue weighted by molar-refractivity contribution is 6.10. The van der Waals surface area contributed by atoms with Crippen molar-refractivity contribution in [2.75, 3.05) is 11.9 Å². The molecule has 130 valence electrons. The molecule has 0 radical (unpaired) electrons. The van der Waals surface area contributed by atoms with Crippen LogP contribution in [0.3, 0.4) is 0 Å². The lowest BCUT2D eigenvalue weighted by Gasteiger charge is -2.22. The Bertz CT molecular complexity index is 920. The fourth-order valence-electron chi connectivity index (χ4n) is 2.82. The number of hydrogen-bond acceptors (Lipinski definition) is 4. The summed E-state index contributed by atoms with van der Waals surface area (Å²) in [4.78, 5) is 38.1. The van der Waals surface area contributed by atoms with Crippen LogP contribution in [0.1, 0.15) is 18.1 Å². The average Bonchev–Trinajstić information content (AvgIpc) is 2.87. The van der Waals surface area contributed by atoms with Gasteiger partial charge in [0.1, 0.15) is 12.1 Å². The molecule has 2 aromatic rings. The first-order chi connectivity index (χ1) is 12.4. The number of imide groups is 1. The molecule has 0 saturated carbocycles. The van der Waals surface area contributed by atoms with E-state index in [1.54, 1.807) is 49.4 Å². The van der Waals surface area contributed by atoms with Crippen LogP contribution in [0.2, 0.25) is 0 Å². The molecule has 4 amide bonds. The molecule has 1 fully saturated rings. The number of carbonyl (C=O) groups is 3. The first kappa shape index (κ1) is 17.2. The van der Waals surface area contributed by atoms with Gasteiger partial charge >= 0.3 is 6.03 Å². The summed E-state index contributed by atoms with van der Waals surface area (Å²) in [6, 6.07) is 16.6. The van der Waals surface area contributed by atoms with Crippen LogP contribution < -0.4 is 10.6 Å². The normalized spacial score (nSPS) is 19.0. The zero-order valence-corrected chi connectivity index (χ0v) is 14.0. The van der Waals surface area contributed by atoms with E-state index in [1.165, 1.54) is 6.07 Å². The van der Waals surface area contributed by atoms with E-state index < -0.39 is 29.9 Å². The smallest absolute Gasteiger partial charge is 0.324 e. The van der Waals surface area contributed by atoms with E-state index in [2.05, 4.69) is 10.6 Å². The lowest BCUT2D eigenvalue weighted by molar-refractivity contribution is -0.133. The maximum absolute atomic E-state index is 12.7. The molecule has 26 heavy (non-hydrogen) atoms. The minimum atomic E-state index is -1.21. The van der Waals surface area contributed by atoms with Crippen molar-refractivity contribution in [1.82, 2.24) is 10.2 Å². The molecule has 1 aliphatic heterocycles. The van der Waals surface area contributed by atoms with Gasteiger partial charge in [0, 0.05) is 5.69 Å². The van der Waals surface area contributed by atoms with Crippen molar-refractivity contribution in [3.63, 3.8) is 0 Å². The van der Waals surface area contributed by atoms with Gasteiger partial charge in [0.05, 0.1) is 11.6 Å². The van der Waals surface area contributed by atoms with E-state index in [0.717, 1.165) is 4.90 Å². The van der Waals surface area contributed by atoms with Gasteiger partial charge in [-0.05, 0) is 30.7 Å². The molecule has 0 bridgehead atoms. The fourth-order valence-corrected chi connectivity index (χ4v) is 2.82. The van der Waals surface area contributed by atoms with Crippen LogP contribution in [0.25, 0.3) is 0 Å². The summed E-state index contributed by atoms with van der Waals surface area (Å²) in [5, 5.41) is 14.1. The van der Waals surface area contributed by atoms with Gasteiger partial charge in [0.25, 0.3) is 5.91 Å². The summed E-state index contributed by atoms with van der Waals surface area (Å²) >= 11 is 0. The molecule has 1 saturated heterocycles. The number of carbonyl (C=O) groups excluding carboxylic acids is 3. The van der Waals surface area contributed by atoms with E-state index in [-0.39, 0.29) is 0 Å². The summed E-state index contributed by atoms with van der Waals surface area (Å²) in [6.07, 6.45) is 0. The Morgan fingerprint density at radius 3 is 2.62 bits per heavy atom. The van der Waals surface area contributed by atoms with Crippen LogP contribution in [0.15, 0.2) is 54.6 Å². The Kier molecular flexibility index (Phi) is 4.42. The molecule has 0 aromatic heterocycles. The number of rotatable bonds is 4. The summed E-state index contributed by atoms with van der Waals surface area (Å²) in [5.74, 6) is -1.02. The molecule has 2 aromatic carbocycles. The van der Waals surface area contributed by atoms with Gasteiger partial charge in [-0.15, -0.1) is 0 Å². The zero-order valence-electron chi connectivity index (χ0n) is 14.0. The van der Waals surface area contributed by atoms with Crippen LogP contribution in [0, 0.1) is 11.3 Å². The second-order valence-corrected chi connectivity index (χ2v) is 6.05. The third kappa shape index (κ3) is 3.13. The fraction of sp³-hybridized carbons (Fsp3) is 0.158. The zero-order chi connectivity index (χ0) is 18.7. The molecule has 1 aliphatic rings. The lowest BCUT2D eigenvalue weighted by atomic mass is 9.92. The number of anilines is 1. The summed E-state index contributed by atoms with van der Waals surface area (Å²) in [5.41, 5.74) is 0.253. The number of benzene rings is 2. The average molecular weight is 348 g/mol. The molecule has 0 aliphatic carbocycles. The summed E-state index contributed by atoms with van der Waals surface area (Å²) in [7, 11) is 0. The molecule has 0 spiro atoms. The van der Waals surface area contributed by atoms with Crippen LogP contribution >= 0.6 is 0 Å². The highest BCUT2D eigenvalue weighted by atomic mass is 16.2. The summed E-state index contributed by atoms with van der Waals surface area (Å²) < 4.78 is 0. The number of hydrogen-bond donors (Lipinski definition) is 2. The van der Waals surface area contributed by atoms with Gasteiger partial charge in [-0.25, -0.2) is 4.79 Å². The van der Waals surface area contributed by atoms with Gasteiger partial charge in [-0.3, -0.25) is 14.5 Å². The minimum absolute atomic E-state index is 0.398. The van der Waals surface area contributed by atoms with Crippen LogP contribution in [-0.2, 0) is 15.1 Å². The number of urea groups is 1. The summed E-state index contributed by atoms with van der Waals surface area (Å²) in [6.45, 7) is 1.20. The van der Waals surface area contributed by atoms with E-state index in [0.29, 0.717) is 16.8 Å². The molecule has 1 atom stereocenters. The standard InChI is InChI=1S/C19H16N4O3/c1-19(14-7-3-2-4-8-14)17(25)23(18(26)22-19)12-16(24)21-15-9-5-6-13(10-15)11-20/h2-10H,12H2,1H3,(H,21,24)(H,22,26)/t19-/m0/s1.